The summed E-state index contributed by atoms with van der Waals surface area (Å²) in [6, 6.07) is 21.1. The number of hydrogen-bond donors (Lipinski definition) is 2. The molecule has 0 aliphatic carbocycles. The SMILES string of the molecule is CCCc1c(C(=O)NCc2ccc3cc(OCC(=O)O)ccc3c2)cnn1-c1ccccc1. The molecule has 4 aromatic rings. The van der Waals surface area contributed by atoms with Crippen molar-refractivity contribution in [3.8, 4) is 11.4 Å². The number of rotatable bonds is 9. The minimum Gasteiger partial charge on any atom is -0.482 e. The second-order valence-corrected chi connectivity index (χ2v) is 7.71. The lowest BCUT2D eigenvalue weighted by molar-refractivity contribution is -0.139. The zero-order valence-corrected chi connectivity index (χ0v) is 18.3. The highest BCUT2D eigenvalue weighted by Gasteiger charge is 2.17. The van der Waals surface area contributed by atoms with Gasteiger partial charge in [-0.2, -0.15) is 5.10 Å². The molecule has 7 nitrogen and oxygen atoms in total. The Labute approximate surface area is 191 Å². The van der Waals surface area contributed by atoms with E-state index in [9.17, 15) is 9.59 Å². The van der Waals surface area contributed by atoms with E-state index in [0.717, 1.165) is 40.6 Å². The quantitative estimate of drug-likeness (QED) is 0.401. The highest BCUT2D eigenvalue weighted by molar-refractivity contribution is 5.95. The molecule has 1 heterocycles. The van der Waals surface area contributed by atoms with Crippen molar-refractivity contribution >= 4 is 22.6 Å². The number of nitrogens with one attached hydrogen (secondary N) is 1. The standard InChI is InChI=1S/C26H25N3O4/c1-2-6-24-23(16-28-29(24)21-7-4-3-5-8-21)26(32)27-15-18-9-10-20-14-22(33-17-25(30)31)12-11-19(20)13-18/h3-5,7-14,16H,2,6,15,17H2,1H3,(H,27,32)(H,30,31). The van der Waals surface area contributed by atoms with Crippen molar-refractivity contribution in [2.45, 2.75) is 26.3 Å². The molecule has 0 aliphatic rings. The molecule has 0 unspecified atom stereocenters. The average molecular weight is 444 g/mol. The fourth-order valence-electron chi connectivity index (χ4n) is 3.73. The first-order valence-corrected chi connectivity index (χ1v) is 10.8. The van der Waals surface area contributed by atoms with Crippen molar-refractivity contribution in [1.29, 1.82) is 0 Å². The highest BCUT2D eigenvalue weighted by atomic mass is 16.5. The van der Waals surface area contributed by atoms with Crippen LogP contribution in [0.4, 0.5) is 0 Å². The molecule has 0 saturated carbocycles. The second-order valence-electron chi connectivity index (χ2n) is 7.71. The molecule has 1 aromatic heterocycles. The van der Waals surface area contributed by atoms with Crippen LogP contribution >= 0.6 is 0 Å². The molecule has 0 radical (unpaired) electrons. The first-order chi connectivity index (χ1) is 16.0. The summed E-state index contributed by atoms with van der Waals surface area (Å²) in [5.74, 6) is -0.666. The molecule has 0 aliphatic heterocycles. The number of aromatic nitrogens is 2. The van der Waals surface area contributed by atoms with Crippen LogP contribution in [-0.2, 0) is 17.8 Å². The molecule has 33 heavy (non-hydrogen) atoms. The lowest BCUT2D eigenvalue weighted by atomic mass is 10.1. The van der Waals surface area contributed by atoms with Crippen LogP contribution < -0.4 is 10.1 Å². The number of carbonyl (C=O) groups excluding carboxylic acids is 1. The van der Waals surface area contributed by atoms with Crippen LogP contribution in [0.2, 0.25) is 0 Å². The van der Waals surface area contributed by atoms with Crippen LogP contribution in [-0.4, -0.2) is 33.4 Å². The predicted molar refractivity (Wildman–Crippen MR) is 126 cm³/mol. The smallest absolute Gasteiger partial charge is 0.341 e. The van der Waals surface area contributed by atoms with Gasteiger partial charge in [-0.15, -0.1) is 0 Å². The first-order valence-electron chi connectivity index (χ1n) is 10.8. The molecular weight excluding hydrogens is 418 g/mol. The van der Waals surface area contributed by atoms with Gasteiger partial charge in [0.1, 0.15) is 5.75 Å². The Morgan fingerprint density at radius 2 is 1.79 bits per heavy atom. The summed E-state index contributed by atoms with van der Waals surface area (Å²) in [6.07, 6.45) is 3.29. The van der Waals surface area contributed by atoms with E-state index in [1.165, 1.54) is 0 Å². The maximum atomic E-state index is 13.0. The van der Waals surface area contributed by atoms with Gasteiger partial charge in [0.2, 0.25) is 0 Å². The summed E-state index contributed by atoms with van der Waals surface area (Å²) in [4.78, 5) is 23.6. The van der Waals surface area contributed by atoms with E-state index in [1.807, 2.05) is 59.3 Å². The van der Waals surface area contributed by atoms with Crippen LogP contribution in [0.5, 0.6) is 5.75 Å². The van der Waals surface area contributed by atoms with E-state index >= 15 is 0 Å². The Kier molecular flexibility index (Phi) is 6.69. The van der Waals surface area contributed by atoms with Gasteiger partial charge in [-0.3, -0.25) is 4.79 Å². The van der Waals surface area contributed by atoms with E-state index in [1.54, 1.807) is 18.3 Å². The van der Waals surface area contributed by atoms with Gasteiger partial charge in [0.15, 0.2) is 6.61 Å². The van der Waals surface area contributed by atoms with Crippen molar-refractivity contribution in [2.75, 3.05) is 6.61 Å². The van der Waals surface area contributed by atoms with Crippen LogP contribution in [0.1, 0.15) is 35.0 Å². The van der Waals surface area contributed by atoms with Crippen molar-refractivity contribution < 1.29 is 19.4 Å². The fourth-order valence-corrected chi connectivity index (χ4v) is 3.73. The summed E-state index contributed by atoms with van der Waals surface area (Å²) in [6.45, 7) is 2.09. The largest absolute Gasteiger partial charge is 0.482 e. The first kappa shape index (κ1) is 22.1. The van der Waals surface area contributed by atoms with Gasteiger partial charge in [-0.1, -0.05) is 49.7 Å². The molecule has 0 fully saturated rings. The molecule has 4 rings (SSSR count). The number of para-hydroxylation sites is 1. The summed E-state index contributed by atoms with van der Waals surface area (Å²) in [7, 11) is 0. The number of benzene rings is 3. The number of ether oxygens (including phenoxy) is 1. The van der Waals surface area contributed by atoms with Crippen LogP contribution in [0.15, 0.2) is 72.9 Å². The molecule has 2 N–H and O–H groups in total. The monoisotopic (exact) mass is 443 g/mol. The molecule has 7 heteroatoms. The summed E-state index contributed by atoms with van der Waals surface area (Å²) in [5, 5.41) is 18.1. The maximum absolute atomic E-state index is 13.0. The number of carboxylic acids is 1. The summed E-state index contributed by atoms with van der Waals surface area (Å²) < 4.78 is 7.07. The van der Waals surface area contributed by atoms with Gasteiger partial charge in [-0.05, 0) is 53.1 Å². The Morgan fingerprint density at radius 1 is 1.03 bits per heavy atom. The topological polar surface area (TPSA) is 93.4 Å². The number of nitrogens with zero attached hydrogens (tertiary/aromatic N) is 2. The van der Waals surface area contributed by atoms with Gasteiger partial charge in [0, 0.05) is 6.54 Å². The van der Waals surface area contributed by atoms with Crippen molar-refractivity contribution in [3.63, 3.8) is 0 Å². The van der Waals surface area contributed by atoms with Crippen LogP contribution in [0.3, 0.4) is 0 Å². The number of carboxylic acid groups (broad SMARTS) is 1. The van der Waals surface area contributed by atoms with E-state index in [0.29, 0.717) is 17.9 Å². The van der Waals surface area contributed by atoms with E-state index in [-0.39, 0.29) is 12.5 Å². The predicted octanol–water partition coefficient (Wildman–Crippen LogP) is 4.37. The van der Waals surface area contributed by atoms with Crippen molar-refractivity contribution in [3.05, 3.63) is 89.7 Å². The molecule has 0 atom stereocenters. The second kappa shape index (κ2) is 9.99. The van der Waals surface area contributed by atoms with E-state index in [2.05, 4.69) is 17.3 Å². The highest BCUT2D eigenvalue weighted by Crippen LogP contribution is 2.22. The Balaban J connectivity index is 1.47. The number of amides is 1. The average Bonchev–Trinajstić information content (AvgIpc) is 3.25. The van der Waals surface area contributed by atoms with Crippen molar-refractivity contribution in [2.24, 2.45) is 0 Å². The number of hydrogen-bond acceptors (Lipinski definition) is 4. The van der Waals surface area contributed by atoms with E-state index < -0.39 is 5.97 Å². The molecule has 3 aromatic carbocycles. The number of carbonyl (C=O) groups is 2. The normalized spacial score (nSPS) is 10.8. The minimum absolute atomic E-state index is 0.154. The maximum Gasteiger partial charge on any atom is 0.341 e. The van der Waals surface area contributed by atoms with Crippen LogP contribution in [0, 0.1) is 0 Å². The fraction of sp³-hybridized carbons (Fsp3) is 0.192. The van der Waals surface area contributed by atoms with Crippen molar-refractivity contribution in [1.82, 2.24) is 15.1 Å². The lowest BCUT2D eigenvalue weighted by Gasteiger charge is -2.10. The molecule has 0 saturated heterocycles. The number of aliphatic carboxylic acids is 1. The Hall–Kier alpha value is -4.13. The third-order valence-electron chi connectivity index (χ3n) is 5.29. The van der Waals surface area contributed by atoms with Gasteiger partial charge >= 0.3 is 5.97 Å². The van der Waals surface area contributed by atoms with Crippen LogP contribution in [0.25, 0.3) is 16.5 Å². The Morgan fingerprint density at radius 3 is 2.55 bits per heavy atom. The summed E-state index contributed by atoms with van der Waals surface area (Å²) in [5.41, 5.74) is 3.37. The number of fused-ring (bicyclic) bond motifs is 1. The minimum atomic E-state index is -1.02. The zero-order chi connectivity index (χ0) is 23.2. The van der Waals surface area contributed by atoms with Gasteiger partial charge in [0.05, 0.1) is 23.1 Å². The zero-order valence-electron chi connectivity index (χ0n) is 18.3. The molecule has 168 valence electrons. The van der Waals surface area contributed by atoms with Gasteiger partial charge < -0.3 is 15.2 Å². The Bertz CT molecular complexity index is 1280. The third-order valence-corrected chi connectivity index (χ3v) is 5.29. The third kappa shape index (κ3) is 5.20. The molecule has 1 amide bonds. The molecular formula is C26H25N3O4. The van der Waals surface area contributed by atoms with E-state index in [4.69, 9.17) is 9.84 Å². The summed E-state index contributed by atoms with van der Waals surface area (Å²) >= 11 is 0. The van der Waals surface area contributed by atoms with Gasteiger partial charge in [-0.25, -0.2) is 9.48 Å². The van der Waals surface area contributed by atoms with Gasteiger partial charge in [0.25, 0.3) is 5.91 Å². The molecule has 0 bridgehead atoms. The lowest BCUT2D eigenvalue weighted by Crippen LogP contribution is -2.24. The molecule has 0 spiro atoms.